The first kappa shape index (κ1) is 21.3. The van der Waals surface area contributed by atoms with Crippen molar-refractivity contribution in [3.05, 3.63) is 60.2 Å². The molecule has 1 aromatic heterocycles. The number of rotatable bonds is 6. The Morgan fingerprint density at radius 2 is 1.77 bits per heavy atom. The van der Waals surface area contributed by atoms with Crippen LogP contribution in [0.25, 0.3) is 11.0 Å². The number of carbonyl (C=O) groups excluding carboxylic acids is 2. The fourth-order valence-corrected chi connectivity index (χ4v) is 2.97. The lowest BCUT2D eigenvalue weighted by molar-refractivity contribution is -0.152. The number of hydrogen-bond acceptors (Lipinski definition) is 4. The topological polar surface area (TPSA) is 64.4 Å². The lowest BCUT2D eigenvalue weighted by Crippen LogP contribution is -2.35. The highest BCUT2D eigenvalue weighted by Gasteiger charge is 2.38. The van der Waals surface area contributed by atoms with Crippen molar-refractivity contribution in [2.24, 2.45) is 0 Å². The molecule has 0 unspecified atom stereocenters. The van der Waals surface area contributed by atoms with E-state index < -0.39 is 42.8 Å². The molecule has 0 spiro atoms. The lowest BCUT2D eigenvalue weighted by atomic mass is 10.2. The zero-order valence-corrected chi connectivity index (χ0v) is 15.8. The van der Waals surface area contributed by atoms with Crippen LogP contribution in [0.15, 0.2) is 48.5 Å². The largest absolute Gasteiger partial charge is 0.454 e. The number of imidazole rings is 1. The van der Waals surface area contributed by atoms with Crippen LogP contribution in [-0.4, -0.2) is 34.6 Å². The monoisotopic (exact) mass is 423 g/mol. The molecule has 0 N–H and O–H groups in total. The van der Waals surface area contributed by atoms with Crippen molar-refractivity contribution < 1.29 is 31.9 Å². The number of hydrogen-bond donors (Lipinski definition) is 0. The predicted octanol–water partition coefficient (Wildman–Crippen LogP) is 3.79. The van der Waals surface area contributed by atoms with E-state index in [0.29, 0.717) is 10.3 Å². The summed E-state index contributed by atoms with van der Waals surface area (Å²) < 4.78 is 58.6. The van der Waals surface area contributed by atoms with E-state index in [0.717, 1.165) is 0 Å². The summed E-state index contributed by atoms with van der Waals surface area (Å²) in [4.78, 5) is 29.3. The van der Waals surface area contributed by atoms with Gasteiger partial charge < -0.3 is 14.2 Å². The third-order valence-corrected chi connectivity index (χ3v) is 4.31. The molecule has 1 heterocycles. The summed E-state index contributed by atoms with van der Waals surface area (Å²) in [5, 5.41) is 0. The number of halogens is 4. The molecule has 2 aromatic carbocycles. The average molecular weight is 423 g/mol. The highest BCUT2D eigenvalue weighted by atomic mass is 19.4. The highest BCUT2D eigenvalue weighted by Crippen LogP contribution is 2.31. The second-order valence-corrected chi connectivity index (χ2v) is 6.28. The van der Waals surface area contributed by atoms with E-state index in [1.54, 1.807) is 6.92 Å². The molecule has 3 rings (SSSR count). The molecule has 0 bridgehead atoms. The maximum Gasteiger partial charge on any atom is 0.449 e. The van der Waals surface area contributed by atoms with Crippen molar-refractivity contribution >= 4 is 28.6 Å². The number of carbonyl (C=O) groups is 2. The van der Waals surface area contributed by atoms with Crippen LogP contribution in [0.4, 0.5) is 23.2 Å². The first-order valence-electron chi connectivity index (χ1n) is 8.94. The summed E-state index contributed by atoms with van der Waals surface area (Å²) in [7, 11) is 0. The van der Waals surface area contributed by atoms with Crippen LogP contribution < -0.4 is 4.90 Å². The van der Waals surface area contributed by atoms with Gasteiger partial charge in [-0.25, -0.2) is 9.37 Å². The first-order valence-corrected chi connectivity index (χ1v) is 8.94. The van der Waals surface area contributed by atoms with Crippen molar-refractivity contribution in [1.82, 2.24) is 9.55 Å². The van der Waals surface area contributed by atoms with Crippen molar-refractivity contribution in [1.29, 1.82) is 0 Å². The summed E-state index contributed by atoms with van der Waals surface area (Å²) in [5.41, 5.74) is 0.608. The molecule has 0 saturated carbocycles. The van der Waals surface area contributed by atoms with Crippen LogP contribution in [-0.2, 0) is 27.0 Å². The van der Waals surface area contributed by atoms with Crippen LogP contribution >= 0.6 is 0 Å². The fraction of sp³-hybridized carbons (Fsp3) is 0.250. The van der Waals surface area contributed by atoms with E-state index in [2.05, 4.69) is 4.98 Å². The molecule has 158 valence electrons. The average Bonchev–Trinajstić information content (AvgIpc) is 3.07. The van der Waals surface area contributed by atoms with Crippen molar-refractivity contribution in [2.75, 3.05) is 18.1 Å². The zero-order valence-electron chi connectivity index (χ0n) is 15.8. The van der Waals surface area contributed by atoms with Gasteiger partial charge in [0.15, 0.2) is 6.61 Å². The molecular formula is C20H17F4N3O3. The third-order valence-electron chi connectivity index (χ3n) is 4.31. The molecule has 0 aliphatic carbocycles. The van der Waals surface area contributed by atoms with Gasteiger partial charge in [0.1, 0.15) is 12.4 Å². The molecule has 0 saturated heterocycles. The maximum atomic E-state index is 13.3. The third kappa shape index (κ3) is 4.58. The minimum absolute atomic E-state index is 0.0853. The molecular weight excluding hydrogens is 406 g/mol. The molecule has 0 atom stereocenters. The Kier molecular flexibility index (Phi) is 6.04. The van der Waals surface area contributed by atoms with E-state index in [9.17, 15) is 27.2 Å². The smallest absolute Gasteiger partial charge is 0.449 e. The van der Waals surface area contributed by atoms with Gasteiger partial charge in [-0.05, 0) is 43.3 Å². The molecule has 6 nitrogen and oxygen atoms in total. The van der Waals surface area contributed by atoms with Crippen molar-refractivity contribution in [2.45, 2.75) is 19.6 Å². The van der Waals surface area contributed by atoms with Gasteiger partial charge in [0.2, 0.25) is 5.82 Å². The second-order valence-electron chi connectivity index (χ2n) is 6.28. The fourth-order valence-electron chi connectivity index (χ4n) is 2.97. The molecule has 3 aromatic rings. The second kappa shape index (κ2) is 8.52. The predicted molar refractivity (Wildman–Crippen MR) is 100 cm³/mol. The number of para-hydroxylation sites is 2. The Balaban J connectivity index is 1.71. The number of esters is 1. The van der Waals surface area contributed by atoms with Crippen molar-refractivity contribution in [3.63, 3.8) is 0 Å². The van der Waals surface area contributed by atoms with E-state index in [-0.39, 0.29) is 17.6 Å². The lowest BCUT2D eigenvalue weighted by Gasteiger charge is -2.21. The number of likely N-dealkylation sites (N-methyl/N-ethyl adjacent to an activating group) is 1. The van der Waals surface area contributed by atoms with Gasteiger partial charge in [0, 0.05) is 12.2 Å². The van der Waals surface area contributed by atoms with E-state index >= 15 is 0 Å². The number of amides is 1. The van der Waals surface area contributed by atoms with Gasteiger partial charge in [-0.1, -0.05) is 12.1 Å². The van der Waals surface area contributed by atoms with E-state index in [1.165, 1.54) is 53.4 Å². The summed E-state index contributed by atoms with van der Waals surface area (Å²) in [6.07, 6.45) is -4.77. The summed E-state index contributed by atoms with van der Waals surface area (Å²) >= 11 is 0. The SMILES string of the molecule is CCN(C(=O)COC(=O)Cn1c(C(F)(F)F)nc2ccccc21)c1ccc(F)cc1. The van der Waals surface area contributed by atoms with Crippen LogP contribution in [0.5, 0.6) is 0 Å². The molecule has 0 fully saturated rings. The van der Waals surface area contributed by atoms with Gasteiger partial charge in [-0.2, -0.15) is 13.2 Å². The first-order chi connectivity index (χ1) is 14.2. The van der Waals surface area contributed by atoms with Crippen LogP contribution in [0.1, 0.15) is 12.7 Å². The summed E-state index contributed by atoms with van der Waals surface area (Å²) in [6.45, 7) is 0.478. The van der Waals surface area contributed by atoms with Crippen LogP contribution in [0.2, 0.25) is 0 Å². The quantitative estimate of drug-likeness (QED) is 0.447. The molecule has 1 amide bonds. The minimum Gasteiger partial charge on any atom is -0.454 e. The number of anilines is 1. The molecule has 30 heavy (non-hydrogen) atoms. The Morgan fingerprint density at radius 1 is 1.10 bits per heavy atom. The summed E-state index contributed by atoms with van der Waals surface area (Å²) in [5.74, 6) is -3.31. The van der Waals surface area contributed by atoms with Crippen LogP contribution in [0.3, 0.4) is 0 Å². The van der Waals surface area contributed by atoms with Gasteiger partial charge in [-0.3, -0.25) is 9.59 Å². The molecule has 0 radical (unpaired) electrons. The Hall–Kier alpha value is -3.43. The van der Waals surface area contributed by atoms with Gasteiger partial charge in [0.25, 0.3) is 5.91 Å². The van der Waals surface area contributed by atoms with Gasteiger partial charge in [0.05, 0.1) is 11.0 Å². The Morgan fingerprint density at radius 3 is 2.40 bits per heavy atom. The number of benzene rings is 2. The maximum absolute atomic E-state index is 13.3. The molecule has 0 aliphatic heterocycles. The molecule has 10 heteroatoms. The van der Waals surface area contributed by atoms with Gasteiger partial charge >= 0.3 is 12.1 Å². The number of aromatic nitrogens is 2. The van der Waals surface area contributed by atoms with Crippen LogP contribution in [0, 0.1) is 5.82 Å². The standard InChI is InChI=1S/C20H17F4N3O3/c1-2-26(14-9-7-13(21)8-10-14)17(28)12-30-18(29)11-27-16-6-4-3-5-15(16)25-19(27)20(22,23)24/h3-10H,2,11-12H2,1H3. The van der Waals surface area contributed by atoms with Crippen molar-refractivity contribution in [3.8, 4) is 0 Å². The van der Waals surface area contributed by atoms with E-state index in [4.69, 9.17) is 4.74 Å². The minimum atomic E-state index is -4.77. The zero-order chi connectivity index (χ0) is 21.9. The normalized spacial score (nSPS) is 11.5. The number of nitrogens with zero attached hydrogens (tertiary/aromatic N) is 3. The number of fused-ring (bicyclic) bond motifs is 1. The summed E-state index contributed by atoms with van der Waals surface area (Å²) in [6, 6.07) is 11.0. The number of ether oxygens (including phenoxy) is 1. The highest BCUT2D eigenvalue weighted by molar-refractivity contribution is 5.95. The van der Waals surface area contributed by atoms with Gasteiger partial charge in [-0.15, -0.1) is 0 Å². The Labute approximate surface area is 168 Å². The Bertz CT molecular complexity index is 1060. The molecule has 0 aliphatic rings. The van der Waals surface area contributed by atoms with E-state index in [1.807, 2.05) is 0 Å². The number of alkyl halides is 3.